The summed E-state index contributed by atoms with van der Waals surface area (Å²) in [6.07, 6.45) is 73.7. The Balaban J connectivity index is 4.65. The van der Waals surface area contributed by atoms with Crippen LogP contribution in [-0.4, -0.2) is 30.7 Å². The molecule has 1 nitrogen and oxygen atoms in total. The van der Waals surface area contributed by atoms with Gasteiger partial charge in [-0.25, -0.2) is 0 Å². The highest BCUT2D eigenvalue weighted by Gasteiger charge is 2.25. The van der Waals surface area contributed by atoms with Crippen LogP contribution in [0.5, 0.6) is 0 Å². The number of rotatable bonds is 54. The molecule has 1 heteroatoms. The smallest absolute Gasteiger partial charge is 0.0786 e. The molecule has 0 radical (unpaired) electrons. The van der Waals surface area contributed by atoms with Gasteiger partial charge in [-0.2, -0.15) is 0 Å². The van der Waals surface area contributed by atoms with Crippen LogP contribution in [0.4, 0.5) is 0 Å². The molecule has 0 aliphatic heterocycles. The Morgan fingerprint density at radius 1 is 0.136 bits per heavy atom. The zero-order valence-electron chi connectivity index (χ0n) is 42.6. The van der Waals surface area contributed by atoms with Crippen LogP contribution in [0.1, 0.15) is 349 Å². The third kappa shape index (κ3) is 47.3. The number of nitrogens with zero attached hydrogens (tertiary/aromatic N) is 1. The van der Waals surface area contributed by atoms with Gasteiger partial charge in [-0.15, -0.1) is 0 Å². The summed E-state index contributed by atoms with van der Waals surface area (Å²) < 4.78 is 1.49. The molecular weight excluding hydrogens is 711 g/mol. The Hall–Kier alpha value is -0.0400. The third-order valence-corrected chi connectivity index (χ3v) is 14.4. The predicted octanol–water partition coefficient (Wildman–Crippen LogP) is 21.4. The van der Waals surface area contributed by atoms with Gasteiger partial charge in [0.15, 0.2) is 0 Å². The molecule has 0 bridgehead atoms. The summed E-state index contributed by atoms with van der Waals surface area (Å²) in [5, 5.41) is 0. The van der Waals surface area contributed by atoms with Crippen molar-refractivity contribution in [3.8, 4) is 0 Å². The molecule has 0 N–H and O–H groups in total. The molecule has 0 saturated carbocycles. The summed E-state index contributed by atoms with van der Waals surface area (Å²) in [4.78, 5) is 0. The average molecular weight is 832 g/mol. The fourth-order valence-electron chi connectivity index (χ4n) is 10.2. The Bertz CT molecular complexity index is 631. The highest BCUT2D eigenvalue weighted by molar-refractivity contribution is 4.57. The van der Waals surface area contributed by atoms with E-state index in [2.05, 4.69) is 27.7 Å². The van der Waals surface area contributed by atoms with E-state index in [1.165, 1.54) is 352 Å². The van der Waals surface area contributed by atoms with Gasteiger partial charge in [0.05, 0.1) is 26.2 Å². The second kappa shape index (κ2) is 52.3. The maximum atomic E-state index is 2.38. The molecule has 0 fully saturated rings. The Morgan fingerprint density at radius 3 is 0.356 bits per heavy atom. The van der Waals surface area contributed by atoms with Crippen molar-refractivity contribution in [3.63, 3.8) is 0 Å². The zero-order valence-corrected chi connectivity index (χ0v) is 42.6. The highest BCUT2D eigenvalue weighted by Crippen LogP contribution is 2.22. The summed E-state index contributed by atoms with van der Waals surface area (Å²) in [7, 11) is 0. The molecule has 0 aliphatic carbocycles. The minimum Gasteiger partial charge on any atom is -0.324 e. The third-order valence-electron chi connectivity index (χ3n) is 14.4. The monoisotopic (exact) mass is 831 g/mol. The van der Waals surface area contributed by atoms with E-state index < -0.39 is 0 Å². The SMILES string of the molecule is CCCCCCCCCCCCCCCCC[N+](CCCCCCC)(CCCCCCCCCCCCCCCCC)CCCCCCCCCCCCCCCCC. The molecule has 0 amide bonds. The van der Waals surface area contributed by atoms with Crippen molar-refractivity contribution in [2.45, 2.75) is 349 Å². The number of quaternary nitrogens is 1. The van der Waals surface area contributed by atoms with Gasteiger partial charge >= 0.3 is 0 Å². The first-order valence-corrected chi connectivity index (χ1v) is 29.1. The second-order valence-electron chi connectivity index (χ2n) is 20.5. The molecule has 356 valence electrons. The topological polar surface area (TPSA) is 0 Å². The van der Waals surface area contributed by atoms with Gasteiger partial charge < -0.3 is 4.48 Å². The van der Waals surface area contributed by atoms with Crippen molar-refractivity contribution >= 4 is 0 Å². The maximum absolute atomic E-state index is 2.38. The molecule has 0 heterocycles. The molecule has 0 aromatic heterocycles. The standard InChI is InChI=1S/C58H120N/c1-5-9-13-17-20-23-26-29-32-35-38-41-44-48-52-56-59(55-51-47-16-12-8-4,57-53-49-45-42-39-36-33-30-27-24-21-18-14-10-6-2)58-54-50-46-43-40-37-34-31-28-25-22-19-15-11-7-3/h5-58H2,1-4H3/q+1. The van der Waals surface area contributed by atoms with Crippen LogP contribution in [0.3, 0.4) is 0 Å². The molecule has 0 aromatic carbocycles. The summed E-state index contributed by atoms with van der Waals surface area (Å²) in [5.41, 5.74) is 0. The van der Waals surface area contributed by atoms with Crippen LogP contribution in [0.2, 0.25) is 0 Å². The lowest BCUT2D eigenvalue weighted by Crippen LogP contribution is -2.50. The van der Waals surface area contributed by atoms with Crippen molar-refractivity contribution < 1.29 is 4.48 Å². The summed E-state index contributed by atoms with van der Waals surface area (Å²) in [6, 6.07) is 0. The van der Waals surface area contributed by atoms with E-state index >= 15 is 0 Å². The van der Waals surface area contributed by atoms with E-state index in [9.17, 15) is 0 Å². The first kappa shape index (κ1) is 59.0. The minimum absolute atomic E-state index is 1.37. The van der Waals surface area contributed by atoms with Crippen molar-refractivity contribution in [1.82, 2.24) is 0 Å². The molecule has 0 aromatic rings. The van der Waals surface area contributed by atoms with Crippen molar-refractivity contribution in [3.05, 3.63) is 0 Å². The summed E-state index contributed by atoms with van der Waals surface area (Å²) in [5.74, 6) is 0. The van der Waals surface area contributed by atoms with Gasteiger partial charge in [0.25, 0.3) is 0 Å². The molecule has 0 rings (SSSR count). The lowest BCUT2D eigenvalue weighted by Gasteiger charge is -2.40. The van der Waals surface area contributed by atoms with Crippen LogP contribution >= 0.6 is 0 Å². The fraction of sp³-hybridized carbons (Fsp3) is 1.00. The lowest BCUT2D eigenvalue weighted by atomic mass is 10.0. The van der Waals surface area contributed by atoms with Crippen LogP contribution in [0.15, 0.2) is 0 Å². The summed E-state index contributed by atoms with van der Waals surface area (Å²) in [6.45, 7) is 15.3. The largest absolute Gasteiger partial charge is 0.324 e. The zero-order chi connectivity index (χ0) is 42.7. The lowest BCUT2D eigenvalue weighted by molar-refractivity contribution is -0.929. The molecule has 0 unspecified atom stereocenters. The van der Waals surface area contributed by atoms with Gasteiger partial charge in [-0.1, -0.05) is 297 Å². The van der Waals surface area contributed by atoms with E-state index in [-0.39, 0.29) is 0 Å². The highest BCUT2D eigenvalue weighted by atomic mass is 15.3. The maximum Gasteiger partial charge on any atom is 0.0786 e. The van der Waals surface area contributed by atoms with E-state index in [1.807, 2.05) is 0 Å². The molecule has 0 saturated heterocycles. The second-order valence-corrected chi connectivity index (χ2v) is 20.5. The van der Waals surface area contributed by atoms with Gasteiger partial charge in [0.1, 0.15) is 0 Å². The van der Waals surface area contributed by atoms with Crippen LogP contribution in [0.25, 0.3) is 0 Å². The van der Waals surface area contributed by atoms with E-state index in [1.54, 1.807) is 0 Å². The average Bonchev–Trinajstić information content (AvgIpc) is 3.24. The Morgan fingerprint density at radius 2 is 0.237 bits per heavy atom. The van der Waals surface area contributed by atoms with E-state index in [4.69, 9.17) is 0 Å². The van der Waals surface area contributed by atoms with Crippen molar-refractivity contribution in [2.24, 2.45) is 0 Å². The van der Waals surface area contributed by atoms with Gasteiger partial charge in [0, 0.05) is 0 Å². The molecule has 0 aliphatic rings. The summed E-state index contributed by atoms with van der Waals surface area (Å²) >= 11 is 0. The van der Waals surface area contributed by atoms with Crippen molar-refractivity contribution in [1.29, 1.82) is 0 Å². The van der Waals surface area contributed by atoms with E-state index in [0.29, 0.717) is 0 Å². The molecule has 0 spiro atoms. The van der Waals surface area contributed by atoms with Gasteiger partial charge in [-0.3, -0.25) is 0 Å². The Labute approximate surface area is 378 Å². The van der Waals surface area contributed by atoms with E-state index in [0.717, 1.165) is 0 Å². The quantitative estimate of drug-likeness (QED) is 0.0423. The minimum atomic E-state index is 1.37. The van der Waals surface area contributed by atoms with Gasteiger partial charge in [-0.05, 0) is 51.4 Å². The van der Waals surface area contributed by atoms with Crippen molar-refractivity contribution in [2.75, 3.05) is 26.2 Å². The number of hydrogen-bond acceptors (Lipinski definition) is 0. The van der Waals surface area contributed by atoms with Crippen LogP contribution in [0, 0.1) is 0 Å². The molecular formula is C58H120N+. The Kier molecular flexibility index (Phi) is 52.3. The molecule has 59 heavy (non-hydrogen) atoms. The fourth-order valence-corrected chi connectivity index (χ4v) is 10.2. The van der Waals surface area contributed by atoms with Crippen LogP contribution < -0.4 is 0 Å². The normalized spacial score (nSPS) is 12.0. The number of hydrogen-bond donors (Lipinski definition) is 0. The number of unbranched alkanes of at least 4 members (excludes halogenated alkanes) is 46. The first-order valence-electron chi connectivity index (χ1n) is 29.1. The molecule has 0 atom stereocenters. The first-order chi connectivity index (χ1) is 29.2. The predicted molar refractivity (Wildman–Crippen MR) is 273 cm³/mol. The van der Waals surface area contributed by atoms with Gasteiger partial charge in [0.2, 0.25) is 0 Å². The van der Waals surface area contributed by atoms with Crippen LogP contribution in [-0.2, 0) is 0 Å².